The Morgan fingerprint density at radius 2 is 0.792 bits per heavy atom. The summed E-state index contributed by atoms with van der Waals surface area (Å²) in [5.41, 5.74) is 11.7. The minimum atomic E-state index is -0.304. The summed E-state index contributed by atoms with van der Waals surface area (Å²) in [6.45, 7) is 15.5. The fourth-order valence-corrected chi connectivity index (χ4v) is 11.4. The zero-order chi connectivity index (χ0) is 67.6. The van der Waals surface area contributed by atoms with E-state index >= 15 is 0 Å². The van der Waals surface area contributed by atoms with E-state index in [1.807, 2.05) is 65.2 Å². The maximum Gasteiger partial charge on any atom is 0.290 e. The molecule has 0 radical (unpaired) electrons. The number of benzene rings is 3. The van der Waals surface area contributed by atoms with Crippen molar-refractivity contribution in [3.05, 3.63) is 185 Å². The van der Waals surface area contributed by atoms with Gasteiger partial charge in [0.2, 0.25) is 11.8 Å². The van der Waals surface area contributed by atoms with E-state index in [1.54, 1.807) is 55.0 Å². The maximum absolute atomic E-state index is 13.4. The molecule has 2 amide bonds. The normalized spacial score (nSPS) is 13.0. The number of H-pyrrole nitrogens is 3. The highest BCUT2D eigenvalue weighted by Crippen LogP contribution is 2.39. The minimum absolute atomic E-state index is 0.00386. The summed E-state index contributed by atoms with van der Waals surface area (Å²) in [7, 11) is 0. The van der Waals surface area contributed by atoms with Crippen molar-refractivity contribution in [1.29, 1.82) is 0 Å². The van der Waals surface area contributed by atoms with Gasteiger partial charge in [0, 0.05) is 120 Å². The van der Waals surface area contributed by atoms with E-state index in [9.17, 15) is 22.8 Å². The lowest BCUT2D eigenvalue weighted by atomic mass is 10.1. The molecule has 0 spiro atoms. The first-order valence-corrected chi connectivity index (χ1v) is 31.6. The van der Waals surface area contributed by atoms with Crippen molar-refractivity contribution < 1.29 is 32.7 Å². The molecule has 2 aliphatic heterocycles. The summed E-state index contributed by atoms with van der Waals surface area (Å²) in [5.74, 6) is 3.34. The number of rotatable bonds is 14. The molecule has 0 atom stereocenters. The number of carboxylic acid groups (broad SMARTS) is 1. The molecule has 3 aromatic carbocycles. The third-order valence-electron chi connectivity index (χ3n) is 15.8. The van der Waals surface area contributed by atoms with Crippen LogP contribution >= 0.6 is 15.9 Å². The first kappa shape index (κ1) is 66.1. The van der Waals surface area contributed by atoms with Crippen LogP contribution in [-0.4, -0.2) is 122 Å². The van der Waals surface area contributed by atoms with Crippen LogP contribution in [0.5, 0.6) is 0 Å². The third-order valence-corrected chi connectivity index (χ3v) is 16.4. The van der Waals surface area contributed by atoms with Crippen LogP contribution < -0.4 is 36.4 Å². The Balaban J connectivity index is 0.000000144. The van der Waals surface area contributed by atoms with Gasteiger partial charge in [0.05, 0.1) is 57.7 Å². The van der Waals surface area contributed by atoms with Crippen LogP contribution in [0.15, 0.2) is 151 Å². The fourth-order valence-electron chi connectivity index (χ4n) is 10.9. The molecule has 2 fully saturated rings. The number of carbonyl (C=O) groups excluding carboxylic acids is 2. The molecule has 96 heavy (non-hydrogen) atoms. The summed E-state index contributed by atoms with van der Waals surface area (Å²) in [4.78, 5) is 86.9. The zero-order valence-electron chi connectivity index (χ0n) is 53.0. The van der Waals surface area contributed by atoms with Crippen LogP contribution in [-0.2, 0) is 14.4 Å². The van der Waals surface area contributed by atoms with Crippen molar-refractivity contribution in [2.75, 3.05) is 65.0 Å². The monoisotopic (exact) mass is 1360 g/mol. The number of carbonyl (C=O) groups is 3. The predicted octanol–water partition coefficient (Wildman–Crippen LogP) is 13.4. The Morgan fingerprint density at radius 1 is 0.479 bits per heavy atom. The molecule has 0 bridgehead atoms. The molecule has 12 aromatic rings. The van der Waals surface area contributed by atoms with Crippen LogP contribution in [0.1, 0.15) is 76.0 Å². The van der Waals surface area contributed by atoms with Gasteiger partial charge >= 0.3 is 0 Å². The van der Waals surface area contributed by atoms with Gasteiger partial charge in [-0.15, -0.1) is 0 Å². The average molecular weight is 1360 g/mol. The Labute approximate surface area is 557 Å². The van der Waals surface area contributed by atoms with Gasteiger partial charge < -0.3 is 56.4 Å². The van der Waals surface area contributed by atoms with Crippen LogP contribution in [0.25, 0.3) is 67.3 Å². The summed E-state index contributed by atoms with van der Waals surface area (Å²) in [5, 5.41) is 25.7. The van der Waals surface area contributed by atoms with E-state index < -0.39 is 0 Å². The Morgan fingerprint density at radius 3 is 1.11 bits per heavy atom. The van der Waals surface area contributed by atoms with Gasteiger partial charge in [-0.3, -0.25) is 14.4 Å². The highest BCUT2D eigenvalue weighted by atomic mass is 79.9. The van der Waals surface area contributed by atoms with Crippen LogP contribution in [0.4, 0.5) is 59.1 Å². The molecule has 9 N–H and O–H groups in total. The second kappa shape index (κ2) is 29.7. The molecule has 23 nitrogen and oxygen atoms in total. The number of aromatic amines is 3. The SMILES string of the molecule is CC(C)c1cnc(-c2ccc(F)cc2)nc1Nc1ccnc2[nH]cc(Br)c12.CC(C)c1cnc(-c2ccc(F)cc2)nc1Nc1ccnc2[nH]cc(N3CCNC(=O)C3)c12.CC(C)c1cnc(-c2ccc(F)cc2)nc1Nc1ccnc2[nH]cc(N3CCNC(=O)C3)c12.O=CO. The van der Waals surface area contributed by atoms with Crippen molar-refractivity contribution in [3.8, 4) is 34.2 Å². The zero-order valence-corrected chi connectivity index (χ0v) is 54.6. The molecule has 490 valence electrons. The number of anilines is 8. The van der Waals surface area contributed by atoms with Crippen molar-refractivity contribution in [3.63, 3.8) is 0 Å². The smallest absolute Gasteiger partial charge is 0.290 e. The number of nitrogens with one attached hydrogen (secondary N) is 8. The van der Waals surface area contributed by atoms with E-state index in [2.05, 4.69) is 129 Å². The molecule has 0 aliphatic carbocycles. The van der Waals surface area contributed by atoms with Gasteiger partial charge in [-0.1, -0.05) is 41.5 Å². The van der Waals surface area contributed by atoms with E-state index in [4.69, 9.17) is 24.9 Å². The van der Waals surface area contributed by atoms with Crippen molar-refractivity contribution in [2.24, 2.45) is 0 Å². The number of amides is 2. The van der Waals surface area contributed by atoms with E-state index in [0.717, 1.165) is 105 Å². The number of hydrogen-bond donors (Lipinski definition) is 9. The van der Waals surface area contributed by atoms with Gasteiger partial charge in [0.15, 0.2) is 17.5 Å². The highest BCUT2D eigenvalue weighted by molar-refractivity contribution is 9.10. The summed E-state index contributed by atoms with van der Waals surface area (Å²) in [6.07, 6.45) is 16.3. The maximum atomic E-state index is 13.4. The van der Waals surface area contributed by atoms with Crippen molar-refractivity contribution >= 4 is 113 Å². The molecule has 0 saturated carbocycles. The fraction of sp³-hybridized carbons (Fsp3) is 0.217. The van der Waals surface area contributed by atoms with Crippen LogP contribution in [0.2, 0.25) is 0 Å². The average Bonchev–Trinajstić information content (AvgIpc) is 1.58. The van der Waals surface area contributed by atoms with Crippen LogP contribution in [0, 0.1) is 17.5 Å². The molecule has 0 unspecified atom stereocenters. The molecule has 14 rings (SSSR count). The minimum Gasteiger partial charge on any atom is -0.483 e. The number of halogens is 4. The lowest BCUT2D eigenvalue weighted by Gasteiger charge is -2.28. The highest BCUT2D eigenvalue weighted by Gasteiger charge is 2.25. The van der Waals surface area contributed by atoms with Gasteiger partial charge in [0.1, 0.15) is 51.8 Å². The number of fused-ring (bicyclic) bond motifs is 3. The molecule has 11 heterocycles. The molecule has 2 saturated heterocycles. The number of pyridine rings is 3. The van der Waals surface area contributed by atoms with Crippen LogP contribution in [0.3, 0.4) is 0 Å². The molecular weight excluding hydrogens is 1300 g/mol. The van der Waals surface area contributed by atoms with Gasteiger partial charge in [-0.2, -0.15) is 0 Å². The van der Waals surface area contributed by atoms with Gasteiger partial charge in [0.25, 0.3) is 6.47 Å². The molecule has 27 heteroatoms. The largest absolute Gasteiger partial charge is 0.483 e. The summed E-state index contributed by atoms with van der Waals surface area (Å²) < 4.78 is 40.9. The molecular formula is C69H67BrF3N19O4. The first-order chi connectivity index (χ1) is 46.4. The molecule has 2 aliphatic rings. The Bertz CT molecular complexity index is 4530. The quantitative estimate of drug-likeness (QED) is 0.0457. The topological polar surface area (TPSA) is 301 Å². The lowest BCUT2D eigenvalue weighted by molar-refractivity contribution is -0.123. The first-order valence-electron chi connectivity index (χ1n) is 30.8. The van der Waals surface area contributed by atoms with Crippen molar-refractivity contribution in [2.45, 2.75) is 59.3 Å². The van der Waals surface area contributed by atoms with E-state index in [0.29, 0.717) is 68.4 Å². The van der Waals surface area contributed by atoms with E-state index in [1.165, 1.54) is 36.4 Å². The Kier molecular flexibility index (Phi) is 20.5. The summed E-state index contributed by atoms with van der Waals surface area (Å²) >= 11 is 3.56. The second-order valence-corrected chi connectivity index (χ2v) is 24.1. The van der Waals surface area contributed by atoms with Crippen molar-refractivity contribution in [1.82, 2.24) is 70.4 Å². The van der Waals surface area contributed by atoms with Gasteiger partial charge in [-0.25, -0.2) is 58.0 Å². The number of piperazine rings is 2. The predicted molar refractivity (Wildman–Crippen MR) is 370 cm³/mol. The number of aromatic nitrogens is 12. The third kappa shape index (κ3) is 15.2. The summed E-state index contributed by atoms with van der Waals surface area (Å²) in [6, 6.07) is 24.1. The Hall–Kier alpha value is -11.4. The second-order valence-electron chi connectivity index (χ2n) is 23.2. The standard InChI is InChI=1S/2C24H24FN7O.C20H17BrFN5.CH2O2/c2*1-14(2)17-11-28-22(15-3-5-16(25)6-4-15)31-23(17)30-18-7-8-27-24-21(18)19(12-29-24)32-10-9-26-20(33)13-32;1-11(2)14-9-24-18(12-3-5-13(22)6-4-12)27-19(14)26-16-7-8-23-20-17(16)15(21)10-25-20;2-1-3/h2*3-8,11-12,14H,9-10,13H2,1-2H3,(H,26,33)(H2,27,28,29,30,31);3-11H,1-2H3,(H2,23,24,25,26,27);1H,(H,2,3). The molecule has 9 aromatic heterocycles. The number of nitrogens with zero attached hydrogens (tertiary/aromatic N) is 11. The van der Waals surface area contributed by atoms with E-state index in [-0.39, 0.29) is 53.5 Å². The number of hydrogen-bond acceptors (Lipinski definition) is 17. The van der Waals surface area contributed by atoms with Gasteiger partial charge in [-0.05, 0) is 125 Å². The lowest BCUT2D eigenvalue weighted by Crippen LogP contribution is -2.47.